The molecule has 2 heterocycles. The van der Waals surface area contributed by atoms with Gasteiger partial charge in [0.15, 0.2) is 11.4 Å². The third-order valence-corrected chi connectivity index (χ3v) is 3.79. The van der Waals surface area contributed by atoms with Gasteiger partial charge in [-0.1, -0.05) is 0 Å². The van der Waals surface area contributed by atoms with Gasteiger partial charge in [0.05, 0.1) is 5.60 Å². The second-order valence-corrected chi connectivity index (χ2v) is 5.73. The summed E-state index contributed by atoms with van der Waals surface area (Å²) < 4.78 is 10.6. The molecule has 0 unspecified atom stereocenters. The van der Waals surface area contributed by atoms with E-state index in [1.54, 1.807) is 20.8 Å². The second-order valence-electron chi connectivity index (χ2n) is 5.73. The van der Waals surface area contributed by atoms with E-state index in [-0.39, 0.29) is 18.0 Å². The van der Waals surface area contributed by atoms with E-state index in [4.69, 9.17) is 9.47 Å². The number of carbonyl (C=O) groups is 1. The summed E-state index contributed by atoms with van der Waals surface area (Å²) >= 11 is 0. The minimum absolute atomic E-state index is 0.132. The highest BCUT2D eigenvalue weighted by Gasteiger charge is 2.66. The van der Waals surface area contributed by atoms with Crippen molar-refractivity contribution >= 4 is 5.78 Å². The van der Waals surface area contributed by atoms with Crippen molar-refractivity contribution in [3.63, 3.8) is 0 Å². The Morgan fingerprint density at radius 2 is 2.12 bits per heavy atom. The van der Waals surface area contributed by atoms with Gasteiger partial charge in [-0.15, -0.1) is 0 Å². The molecular formula is C12H16O5. The maximum atomic E-state index is 11.8. The van der Waals surface area contributed by atoms with Gasteiger partial charge < -0.3 is 19.7 Å². The van der Waals surface area contributed by atoms with E-state index in [9.17, 15) is 15.0 Å². The van der Waals surface area contributed by atoms with Gasteiger partial charge in [-0.05, 0) is 32.4 Å². The van der Waals surface area contributed by atoms with Crippen LogP contribution in [-0.2, 0) is 14.3 Å². The van der Waals surface area contributed by atoms with Crippen LogP contribution < -0.4 is 0 Å². The Morgan fingerprint density at radius 3 is 2.65 bits per heavy atom. The molecule has 2 N–H and O–H groups in total. The fourth-order valence-electron chi connectivity index (χ4n) is 2.50. The summed E-state index contributed by atoms with van der Waals surface area (Å²) in [6.07, 6.45) is -0.594. The number of hydrogen-bond acceptors (Lipinski definition) is 5. The van der Waals surface area contributed by atoms with Crippen molar-refractivity contribution in [1.29, 1.82) is 0 Å². The quantitative estimate of drug-likeness (QED) is 0.639. The number of fused-ring (bicyclic) bond motifs is 1. The highest BCUT2D eigenvalue weighted by Crippen LogP contribution is 2.49. The van der Waals surface area contributed by atoms with Crippen LogP contribution >= 0.6 is 0 Å². The first-order valence-corrected chi connectivity index (χ1v) is 5.75. The standard InChI is InChI=1S/C12H16O5/c1-11(2,15)10-8(16-10)5-4-6(13)12(3)9(17-12)7(5)14/h4,7-10,14-15H,1-3H3/t7-,8+,9-,10+,12-/m0/s1. The third-order valence-electron chi connectivity index (χ3n) is 3.79. The number of aliphatic hydroxyl groups is 2. The maximum absolute atomic E-state index is 11.8. The number of carbonyl (C=O) groups excluding carboxylic acids is 1. The van der Waals surface area contributed by atoms with Crippen molar-refractivity contribution in [1.82, 2.24) is 0 Å². The average Bonchev–Trinajstić information content (AvgIpc) is 3.03. The van der Waals surface area contributed by atoms with E-state index in [1.807, 2.05) is 0 Å². The lowest BCUT2D eigenvalue weighted by Crippen LogP contribution is -2.38. The number of ketones is 1. The minimum Gasteiger partial charge on any atom is -0.388 e. The number of epoxide rings is 2. The topological polar surface area (TPSA) is 82.6 Å². The van der Waals surface area contributed by atoms with Gasteiger partial charge >= 0.3 is 0 Å². The Kier molecular flexibility index (Phi) is 1.99. The van der Waals surface area contributed by atoms with Crippen molar-refractivity contribution in [2.75, 3.05) is 0 Å². The van der Waals surface area contributed by atoms with Crippen molar-refractivity contribution in [3.05, 3.63) is 11.6 Å². The summed E-state index contributed by atoms with van der Waals surface area (Å²) in [5.74, 6) is -0.132. The monoisotopic (exact) mass is 240 g/mol. The number of hydrogen-bond donors (Lipinski definition) is 2. The summed E-state index contributed by atoms with van der Waals surface area (Å²) in [6, 6.07) is 0. The maximum Gasteiger partial charge on any atom is 0.190 e. The molecule has 2 saturated heterocycles. The van der Waals surface area contributed by atoms with Crippen LogP contribution in [0.1, 0.15) is 20.8 Å². The lowest BCUT2D eigenvalue weighted by molar-refractivity contribution is -0.119. The first kappa shape index (κ1) is 11.3. The zero-order valence-corrected chi connectivity index (χ0v) is 10.0. The fourth-order valence-corrected chi connectivity index (χ4v) is 2.50. The number of aliphatic hydroxyl groups excluding tert-OH is 1. The smallest absolute Gasteiger partial charge is 0.190 e. The molecule has 0 aromatic rings. The molecule has 0 amide bonds. The third kappa shape index (κ3) is 1.50. The van der Waals surface area contributed by atoms with Gasteiger partial charge in [0.25, 0.3) is 0 Å². The van der Waals surface area contributed by atoms with Crippen molar-refractivity contribution < 1.29 is 24.5 Å². The Hall–Kier alpha value is -0.750. The van der Waals surface area contributed by atoms with Gasteiger partial charge in [-0.2, -0.15) is 0 Å². The molecule has 0 aromatic carbocycles. The van der Waals surface area contributed by atoms with Crippen LogP contribution in [0.25, 0.3) is 0 Å². The number of ether oxygens (including phenoxy) is 2. The molecule has 2 aliphatic heterocycles. The normalized spacial score (nSPS) is 48.5. The van der Waals surface area contributed by atoms with Crippen LogP contribution in [0.15, 0.2) is 11.6 Å². The first-order valence-electron chi connectivity index (χ1n) is 5.75. The van der Waals surface area contributed by atoms with Crippen LogP contribution in [-0.4, -0.2) is 51.6 Å². The van der Waals surface area contributed by atoms with Crippen LogP contribution in [0, 0.1) is 0 Å². The summed E-state index contributed by atoms with van der Waals surface area (Å²) in [7, 11) is 0. The highest BCUT2D eigenvalue weighted by atomic mass is 16.6. The molecule has 3 rings (SSSR count). The molecular weight excluding hydrogens is 224 g/mol. The molecule has 0 spiro atoms. The molecule has 0 saturated carbocycles. The largest absolute Gasteiger partial charge is 0.388 e. The molecule has 5 heteroatoms. The van der Waals surface area contributed by atoms with E-state index < -0.39 is 23.4 Å². The molecule has 3 aliphatic rings. The zero-order chi connectivity index (χ0) is 12.6. The average molecular weight is 240 g/mol. The van der Waals surface area contributed by atoms with Crippen LogP contribution in [0.4, 0.5) is 0 Å². The molecule has 2 fully saturated rings. The van der Waals surface area contributed by atoms with E-state index >= 15 is 0 Å². The molecule has 5 atom stereocenters. The van der Waals surface area contributed by atoms with Crippen molar-refractivity contribution in [2.24, 2.45) is 0 Å². The zero-order valence-electron chi connectivity index (χ0n) is 10.0. The Morgan fingerprint density at radius 1 is 1.47 bits per heavy atom. The van der Waals surface area contributed by atoms with E-state index in [0.29, 0.717) is 5.57 Å². The molecule has 0 radical (unpaired) electrons. The van der Waals surface area contributed by atoms with Gasteiger partial charge in [0, 0.05) is 0 Å². The van der Waals surface area contributed by atoms with Gasteiger partial charge in [-0.3, -0.25) is 4.79 Å². The Bertz CT molecular complexity index is 421. The van der Waals surface area contributed by atoms with Gasteiger partial charge in [0.1, 0.15) is 24.4 Å². The fraction of sp³-hybridized carbons (Fsp3) is 0.750. The van der Waals surface area contributed by atoms with Crippen LogP contribution in [0.2, 0.25) is 0 Å². The molecule has 0 aromatic heterocycles. The Balaban J connectivity index is 1.82. The summed E-state index contributed by atoms with van der Waals surface area (Å²) in [5, 5.41) is 19.8. The minimum atomic E-state index is -0.973. The van der Waals surface area contributed by atoms with Crippen molar-refractivity contribution in [3.8, 4) is 0 Å². The Labute approximate surface area is 99.0 Å². The molecule has 0 bridgehead atoms. The molecule has 5 nitrogen and oxygen atoms in total. The van der Waals surface area contributed by atoms with Gasteiger partial charge in [-0.25, -0.2) is 0 Å². The lowest BCUT2D eigenvalue weighted by Gasteiger charge is -2.19. The first-order chi connectivity index (χ1) is 7.75. The summed E-state index contributed by atoms with van der Waals surface area (Å²) in [6.45, 7) is 4.97. The van der Waals surface area contributed by atoms with Crippen LogP contribution in [0.5, 0.6) is 0 Å². The van der Waals surface area contributed by atoms with E-state index in [2.05, 4.69) is 0 Å². The lowest BCUT2D eigenvalue weighted by atomic mass is 9.84. The number of rotatable bonds is 2. The molecule has 17 heavy (non-hydrogen) atoms. The molecule has 1 aliphatic carbocycles. The predicted molar refractivity (Wildman–Crippen MR) is 57.3 cm³/mol. The highest BCUT2D eigenvalue weighted by molar-refractivity contribution is 6.01. The van der Waals surface area contributed by atoms with Crippen molar-refractivity contribution in [2.45, 2.75) is 56.4 Å². The summed E-state index contributed by atoms with van der Waals surface area (Å²) in [4.78, 5) is 11.8. The SMILES string of the molecule is CC(C)(O)[C@@H]1O[C@@H]1C1=CC(=O)[C@]2(C)O[C@H]2[C@H]1O. The predicted octanol–water partition coefficient (Wildman–Crippen LogP) is -0.448. The summed E-state index contributed by atoms with van der Waals surface area (Å²) in [5.41, 5.74) is -1.29. The second kappa shape index (κ2) is 2.98. The van der Waals surface area contributed by atoms with Gasteiger partial charge in [0.2, 0.25) is 0 Å². The van der Waals surface area contributed by atoms with E-state index in [0.717, 1.165) is 0 Å². The van der Waals surface area contributed by atoms with E-state index in [1.165, 1.54) is 6.08 Å². The molecule has 94 valence electrons. The van der Waals surface area contributed by atoms with Crippen LogP contribution in [0.3, 0.4) is 0 Å².